The standard InChI is InChI=1S/C18H33NO2/c1-17(2)13-8-9-18(3,10-13)16(17)21-12-15(20)11-19-14-6-4-5-7-14/h13-16,19-20H,4-12H2,1-3H3/t13-,15-,16+,18+/m0/s1. The lowest BCUT2D eigenvalue weighted by Crippen LogP contribution is -2.45. The fourth-order valence-corrected chi connectivity index (χ4v) is 5.37. The lowest BCUT2D eigenvalue weighted by atomic mass is 9.70. The van der Waals surface area contributed by atoms with Gasteiger partial charge in [-0.2, -0.15) is 0 Å². The number of hydrogen-bond donors (Lipinski definition) is 2. The maximum absolute atomic E-state index is 10.2. The van der Waals surface area contributed by atoms with Gasteiger partial charge in [-0.3, -0.25) is 0 Å². The molecule has 3 aliphatic carbocycles. The van der Waals surface area contributed by atoms with E-state index in [-0.39, 0.29) is 11.5 Å². The van der Waals surface area contributed by atoms with E-state index >= 15 is 0 Å². The first kappa shape index (κ1) is 15.8. The summed E-state index contributed by atoms with van der Waals surface area (Å²) in [6.07, 6.45) is 9.10. The molecule has 0 aliphatic heterocycles. The highest BCUT2D eigenvalue weighted by molar-refractivity contribution is 5.09. The number of hydrogen-bond acceptors (Lipinski definition) is 3. The lowest BCUT2D eigenvalue weighted by Gasteiger charge is -2.42. The second-order valence-electron chi connectivity index (χ2n) is 8.67. The fourth-order valence-electron chi connectivity index (χ4n) is 5.37. The summed E-state index contributed by atoms with van der Waals surface area (Å²) < 4.78 is 6.24. The molecule has 0 amide bonds. The highest BCUT2D eigenvalue weighted by Crippen LogP contribution is 2.63. The number of nitrogens with one attached hydrogen (secondary N) is 1. The third-order valence-electron chi connectivity index (χ3n) is 6.59. The van der Waals surface area contributed by atoms with Gasteiger partial charge in [-0.25, -0.2) is 0 Å². The molecule has 0 aromatic carbocycles. The van der Waals surface area contributed by atoms with E-state index in [0.29, 0.717) is 30.7 Å². The number of aliphatic hydroxyl groups is 1. The van der Waals surface area contributed by atoms with Gasteiger partial charge >= 0.3 is 0 Å². The zero-order valence-electron chi connectivity index (χ0n) is 14.0. The third-order valence-corrected chi connectivity index (χ3v) is 6.59. The average molecular weight is 295 g/mol. The number of rotatable bonds is 6. The highest BCUT2D eigenvalue weighted by Gasteiger charge is 2.60. The van der Waals surface area contributed by atoms with E-state index in [0.717, 1.165) is 5.92 Å². The van der Waals surface area contributed by atoms with Gasteiger partial charge in [0.15, 0.2) is 0 Å². The minimum absolute atomic E-state index is 0.269. The van der Waals surface area contributed by atoms with Crippen molar-refractivity contribution in [3.63, 3.8) is 0 Å². The average Bonchev–Trinajstić information content (AvgIpc) is 3.09. The van der Waals surface area contributed by atoms with Crippen molar-refractivity contribution in [3.05, 3.63) is 0 Å². The lowest BCUT2D eigenvalue weighted by molar-refractivity contribution is -0.110. The number of fused-ring (bicyclic) bond motifs is 2. The molecule has 0 unspecified atom stereocenters. The Morgan fingerprint density at radius 2 is 1.90 bits per heavy atom. The van der Waals surface area contributed by atoms with Crippen molar-refractivity contribution in [1.82, 2.24) is 5.32 Å². The monoisotopic (exact) mass is 295 g/mol. The van der Waals surface area contributed by atoms with E-state index in [4.69, 9.17) is 4.74 Å². The second-order valence-corrected chi connectivity index (χ2v) is 8.67. The molecule has 0 saturated heterocycles. The molecule has 3 saturated carbocycles. The number of aliphatic hydroxyl groups excluding tert-OH is 1. The molecule has 3 aliphatic rings. The Morgan fingerprint density at radius 3 is 2.52 bits per heavy atom. The van der Waals surface area contributed by atoms with E-state index in [1.54, 1.807) is 0 Å². The van der Waals surface area contributed by atoms with E-state index in [1.165, 1.54) is 44.9 Å². The Hall–Kier alpha value is -0.120. The molecule has 3 heteroatoms. The van der Waals surface area contributed by atoms with Crippen LogP contribution in [0.2, 0.25) is 0 Å². The van der Waals surface area contributed by atoms with Crippen molar-refractivity contribution in [2.24, 2.45) is 16.7 Å². The van der Waals surface area contributed by atoms with Crippen LogP contribution in [0.4, 0.5) is 0 Å². The molecule has 0 spiro atoms. The Kier molecular flexibility index (Phi) is 4.37. The van der Waals surface area contributed by atoms with Crippen LogP contribution in [0.3, 0.4) is 0 Å². The molecule has 3 nitrogen and oxygen atoms in total. The third kappa shape index (κ3) is 3.02. The van der Waals surface area contributed by atoms with Crippen molar-refractivity contribution < 1.29 is 9.84 Å². The highest BCUT2D eigenvalue weighted by atomic mass is 16.5. The maximum atomic E-state index is 10.2. The molecule has 4 atom stereocenters. The van der Waals surface area contributed by atoms with Gasteiger partial charge in [-0.15, -0.1) is 0 Å². The Balaban J connectivity index is 1.46. The van der Waals surface area contributed by atoms with Crippen molar-refractivity contribution in [2.45, 2.75) is 84.0 Å². The zero-order valence-corrected chi connectivity index (χ0v) is 14.0. The van der Waals surface area contributed by atoms with Crippen LogP contribution in [0.1, 0.15) is 65.7 Å². The summed E-state index contributed by atoms with van der Waals surface area (Å²) in [6.45, 7) is 8.26. The molecular formula is C18H33NO2. The summed E-state index contributed by atoms with van der Waals surface area (Å²) in [7, 11) is 0. The second kappa shape index (κ2) is 5.82. The first-order valence-corrected chi connectivity index (χ1v) is 8.95. The van der Waals surface area contributed by atoms with E-state index < -0.39 is 0 Å². The summed E-state index contributed by atoms with van der Waals surface area (Å²) >= 11 is 0. The van der Waals surface area contributed by atoms with Gasteiger partial charge < -0.3 is 15.2 Å². The molecule has 0 heterocycles. The Labute approximate surface area is 129 Å². The first-order chi connectivity index (χ1) is 9.92. The minimum atomic E-state index is -0.371. The molecule has 122 valence electrons. The van der Waals surface area contributed by atoms with Crippen LogP contribution < -0.4 is 5.32 Å². The van der Waals surface area contributed by atoms with E-state index in [1.807, 2.05) is 0 Å². The van der Waals surface area contributed by atoms with Crippen molar-refractivity contribution in [3.8, 4) is 0 Å². The molecule has 0 aromatic heterocycles. The Bertz CT molecular complexity index is 359. The molecule has 0 radical (unpaired) electrons. The maximum Gasteiger partial charge on any atom is 0.0897 e. The van der Waals surface area contributed by atoms with Gasteiger partial charge in [0.1, 0.15) is 0 Å². The van der Waals surface area contributed by atoms with Crippen LogP contribution in [0.5, 0.6) is 0 Å². The summed E-state index contributed by atoms with van der Waals surface area (Å²) in [6, 6.07) is 0.621. The minimum Gasteiger partial charge on any atom is -0.389 e. The predicted octanol–water partition coefficient (Wildman–Crippen LogP) is 3.11. The van der Waals surface area contributed by atoms with Crippen LogP contribution in [-0.2, 0) is 4.74 Å². The van der Waals surface area contributed by atoms with Gasteiger partial charge in [-0.05, 0) is 48.9 Å². The summed E-state index contributed by atoms with van der Waals surface area (Å²) in [5.74, 6) is 0.807. The van der Waals surface area contributed by atoms with Crippen molar-refractivity contribution in [2.75, 3.05) is 13.2 Å². The zero-order chi connectivity index (χ0) is 15.1. The molecule has 0 aromatic rings. The normalized spacial score (nSPS) is 40.0. The predicted molar refractivity (Wildman–Crippen MR) is 85.2 cm³/mol. The summed E-state index contributed by atoms with van der Waals surface area (Å²) in [5.41, 5.74) is 0.609. The SMILES string of the molecule is CC1(C)[C@H]2CC[C@](C)(C2)[C@@H]1OC[C@@H](O)CNC1CCCC1. The van der Waals surface area contributed by atoms with E-state index in [9.17, 15) is 5.11 Å². The topological polar surface area (TPSA) is 41.5 Å². The molecule has 2 bridgehead atoms. The summed E-state index contributed by atoms with van der Waals surface area (Å²) in [5, 5.41) is 13.7. The largest absolute Gasteiger partial charge is 0.389 e. The number of ether oxygens (including phenoxy) is 1. The van der Waals surface area contributed by atoms with Crippen LogP contribution in [0.15, 0.2) is 0 Å². The van der Waals surface area contributed by atoms with Gasteiger partial charge in [0.25, 0.3) is 0 Å². The molecule has 21 heavy (non-hydrogen) atoms. The van der Waals surface area contributed by atoms with Crippen LogP contribution >= 0.6 is 0 Å². The molecular weight excluding hydrogens is 262 g/mol. The van der Waals surface area contributed by atoms with Crippen LogP contribution in [-0.4, -0.2) is 36.5 Å². The van der Waals surface area contributed by atoms with Crippen LogP contribution in [0, 0.1) is 16.7 Å². The fraction of sp³-hybridized carbons (Fsp3) is 1.00. The smallest absolute Gasteiger partial charge is 0.0897 e. The Morgan fingerprint density at radius 1 is 1.19 bits per heavy atom. The molecule has 2 N–H and O–H groups in total. The van der Waals surface area contributed by atoms with Gasteiger partial charge in [0.05, 0.1) is 18.8 Å². The summed E-state index contributed by atoms with van der Waals surface area (Å²) in [4.78, 5) is 0. The molecule has 3 fully saturated rings. The first-order valence-electron chi connectivity index (χ1n) is 8.95. The van der Waals surface area contributed by atoms with Gasteiger partial charge in [-0.1, -0.05) is 33.6 Å². The van der Waals surface area contributed by atoms with Gasteiger partial charge in [0.2, 0.25) is 0 Å². The molecule has 3 rings (SSSR count). The van der Waals surface area contributed by atoms with Crippen LogP contribution in [0.25, 0.3) is 0 Å². The van der Waals surface area contributed by atoms with Gasteiger partial charge in [0, 0.05) is 12.6 Å². The van der Waals surface area contributed by atoms with Crippen molar-refractivity contribution >= 4 is 0 Å². The van der Waals surface area contributed by atoms with E-state index in [2.05, 4.69) is 26.1 Å². The van der Waals surface area contributed by atoms with Crippen molar-refractivity contribution in [1.29, 1.82) is 0 Å². The quantitative estimate of drug-likeness (QED) is 0.791.